The largest absolute Gasteiger partial charge is 0.497 e. The van der Waals surface area contributed by atoms with Crippen molar-refractivity contribution in [3.8, 4) is 17.0 Å². The molecule has 1 heterocycles. The van der Waals surface area contributed by atoms with E-state index in [2.05, 4.69) is 10.6 Å². The smallest absolute Gasteiger partial charge is 0.259 e. The number of methoxy groups -OCH3 is 1. The summed E-state index contributed by atoms with van der Waals surface area (Å²) >= 11 is 0. The first-order valence-corrected chi connectivity index (χ1v) is 11.6. The monoisotopic (exact) mass is 466 g/mol. The van der Waals surface area contributed by atoms with E-state index < -0.39 is 0 Å². The molecule has 1 saturated carbocycles. The molecule has 0 bridgehead atoms. The molecule has 2 amide bonds. The number of carbonyl (C=O) groups is 2. The third-order valence-corrected chi connectivity index (χ3v) is 5.87. The minimum absolute atomic E-state index is 0.0241. The number of aromatic nitrogens is 2. The second-order valence-electron chi connectivity index (χ2n) is 8.60. The van der Waals surface area contributed by atoms with Gasteiger partial charge in [0.1, 0.15) is 11.4 Å². The highest BCUT2D eigenvalue weighted by Crippen LogP contribution is 2.31. The first kappa shape index (κ1) is 22.4. The lowest BCUT2D eigenvalue weighted by atomic mass is 10.1. The maximum Gasteiger partial charge on any atom is 0.259 e. The van der Waals surface area contributed by atoms with E-state index in [9.17, 15) is 9.59 Å². The molecule has 0 saturated heterocycles. The number of hydrogen-bond donors (Lipinski definition) is 2. The molecule has 176 valence electrons. The van der Waals surface area contributed by atoms with Crippen molar-refractivity contribution in [1.29, 1.82) is 0 Å². The number of amides is 2. The standard InChI is InChI=1S/C28H26N4O3/c1-35-24-12-5-9-21(15-24)26-25(18-32(31-26)17-19-7-3-2-4-8-19)28(34)30-23-11-6-10-22(16-23)29-27(33)20-13-14-20/h2-12,15-16,18,20H,13-14,17H2,1H3,(H,29,33)(H,30,34). The Morgan fingerprint density at radius 1 is 0.943 bits per heavy atom. The normalized spacial score (nSPS) is 12.7. The molecule has 4 aromatic rings. The van der Waals surface area contributed by atoms with E-state index >= 15 is 0 Å². The Morgan fingerprint density at radius 2 is 1.69 bits per heavy atom. The highest BCUT2D eigenvalue weighted by Gasteiger charge is 2.29. The van der Waals surface area contributed by atoms with Crippen LogP contribution >= 0.6 is 0 Å². The maximum atomic E-state index is 13.4. The molecule has 0 spiro atoms. The summed E-state index contributed by atoms with van der Waals surface area (Å²) in [5.74, 6) is 0.531. The van der Waals surface area contributed by atoms with Crippen molar-refractivity contribution in [2.45, 2.75) is 19.4 Å². The van der Waals surface area contributed by atoms with Crippen molar-refractivity contribution in [2.24, 2.45) is 5.92 Å². The van der Waals surface area contributed by atoms with Crippen LogP contribution in [-0.4, -0.2) is 28.7 Å². The summed E-state index contributed by atoms with van der Waals surface area (Å²) in [5, 5.41) is 10.6. The van der Waals surface area contributed by atoms with Gasteiger partial charge in [-0.15, -0.1) is 0 Å². The number of ether oxygens (including phenoxy) is 1. The summed E-state index contributed by atoms with van der Waals surface area (Å²) in [6, 6.07) is 24.6. The van der Waals surface area contributed by atoms with Crippen LogP contribution in [0.3, 0.4) is 0 Å². The van der Waals surface area contributed by atoms with Gasteiger partial charge in [-0.05, 0) is 48.7 Å². The molecule has 0 atom stereocenters. The van der Waals surface area contributed by atoms with Crippen molar-refractivity contribution in [2.75, 3.05) is 17.7 Å². The predicted octanol–water partition coefficient (Wildman–Crippen LogP) is 5.21. The van der Waals surface area contributed by atoms with Gasteiger partial charge < -0.3 is 15.4 Å². The number of rotatable bonds is 8. The quantitative estimate of drug-likeness (QED) is 0.373. The summed E-state index contributed by atoms with van der Waals surface area (Å²) < 4.78 is 7.14. The minimum Gasteiger partial charge on any atom is -0.497 e. The molecule has 2 N–H and O–H groups in total. The van der Waals surface area contributed by atoms with Crippen LogP contribution in [0, 0.1) is 5.92 Å². The van der Waals surface area contributed by atoms with Crippen LogP contribution in [0.15, 0.2) is 85.1 Å². The van der Waals surface area contributed by atoms with E-state index in [1.807, 2.05) is 60.7 Å². The molecule has 1 aliphatic carbocycles. The number of hydrogen-bond acceptors (Lipinski definition) is 4. The van der Waals surface area contributed by atoms with Gasteiger partial charge in [0.15, 0.2) is 0 Å². The number of benzene rings is 3. The van der Waals surface area contributed by atoms with Gasteiger partial charge in [-0.1, -0.05) is 48.5 Å². The van der Waals surface area contributed by atoms with Gasteiger partial charge in [0.25, 0.3) is 5.91 Å². The molecule has 3 aromatic carbocycles. The molecule has 0 unspecified atom stereocenters. The van der Waals surface area contributed by atoms with Gasteiger partial charge in [0, 0.05) is 29.1 Å². The van der Waals surface area contributed by atoms with Crippen LogP contribution in [0.25, 0.3) is 11.3 Å². The molecule has 0 radical (unpaired) electrons. The zero-order chi connectivity index (χ0) is 24.2. The number of nitrogens with one attached hydrogen (secondary N) is 2. The molecule has 1 aliphatic rings. The van der Waals surface area contributed by atoms with Gasteiger partial charge in [-0.2, -0.15) is 5.10 Å². The lowest BCUT2D eigenvalue weighted by Gasteiger charge is -2.09. The van der Waals surface area contributed by atoms with E-state index in [4.69, 9.17) is 9.84 Å². The van der Waals surface area contributed by atoms with E-state index in [0.717, 1.165) is 24.0 Å². The van der Waals surface area contributed by atoms with Crippen molar-refractivity contribution in [3.05, 3.63) is 96.2 Å². The van der Waals surface area contributed by atoms with Gasteiger partial charge >= 0.3 is 0 Å². The van der Waals surface area contributed by atoms with Gasteiger partial charge in [-0.25, -0.2) is 0 Å². The Morgan fingerprint density at radius 3 is 2.43 bits per heavy atom. The van der Waals surface area contributed by atoms with Crippen LogP contribution in [0.4, 0.5) is 11.4 Å². The molecular weight excluding hydrogens is 440 g/mol. The van der Waals surface area contributed by atoms with Crippen LogP contribution < -0.4 is 15.4 Å². The first-order chi connectivity index (χ1) is 17.1. The lowest BCUT2D eigenvalue weighted by Crippen LogP contribution is -2.15. The zero-order valence-electron chi connectivity index (χ0n) is 19.4. The van der Waals surface area contributed by atoms with Crippen LogP contribution in [-0.2, 0) is 11.3 Å². The van der Waals surface area contributed by atoms with Crippen molar-refractivity contribution in [3.63, 3.8) is 0 Å². The average Bonchev–Trinajstić information content (AvgIpc) is 3.65. The Kier molecular flexibility index (Phi) is 6.30. The molecule has 1 fully saturated rings. The van der Waals surface area contributed by atoms with Crippen LogP contribution in [0.2, 0.25) is 0 Å². The number of anilines is 2. The summed E-state index contributed by atoms with van der Waals surface area (Å²) in [6.45, 7) is 0.535. The Labute approximate surface area is 203 Å². The van der Waals surface area contributed by atoms with Crippen LogP contribution in [0.1, 0.15) is 28.8 Å². The van der Waals surface area contributed by atoms with Gasteiger partial charge in [0.05, 0.1) is 19.2 Å². The average molecular weight is 467 g/mol. The Hall–Kier alpha value is -4.39. The Bertz CT molecular complexity index is 1360. The zero-order valence-corrected chi connectivity index (χ0v) is 19.4. The maximum absolute atomic E-state index is 13.4. The van der Waals surface area contributed by atoms with Crippen LogP contribution in [0.5, 0.6) is 5.75 Å². The summed E-state index contributed by atoms with van der Waals surface area (Å²) in [5.41, 5.74) is 4.13. The van der Waals surface area contributed by atoms with Crippen molar-refractivity contribution in [1.82, 2.24) is 9.78 Å². The summed E-state index contributed by atoms with van der Waals surface area (Å²) in [4.78, 5) is 25.5. The highest BCUT2D eigenvalue weighted by atomic mass is 16.5. The highest BCUT2D eigenvalue weighted by molar-refractivity contribution is 6.08. The fourth-order valence-corrected chi connectivity index (χ4v) is 3.89. The lowest BCUT2D eigenvalue weighted by molar-refractivity contribution is -0.117. The second kappa shape index (κ2) is 9.85. The van der Waals surface area contributed by atoms with E-state index in [1.54, 1.807) is 36.2 Å². The van der Waals surface area contributed by atoms with Gasteiger partial charge in [-0.3, -0.25) is 14.3 Å². The predicted molar refractivity (Wildman–Crippen MR) is 136 cm³/mol. The minimum atomic E-state index is -0.284. The SMILES string of the molecule is COc1cccc(-c2nn(Cc3ccccc3)cc2C(=O)Nc2cccc(NC(=O)C3CC3)c2)c1. The summed E-state index contributed by atoms with van der Waals surface area (Å²) in [6.07, 6.45) is 3.63. The molecule has 7 nitrogen and oxygen atoms in total. The van der Waals surface area contributed by atoms with Gasteiger partial charge in [0.2, 0.25) is 5.91 Å². The molecule has 1 aromatic heterocycles. The number of carbonyl (C=O) groups excluding carboxylic acids is 2. The molecule has 7 heteroatoms. The molecule has 0 aliphatic heterocycles. The first-order valence-electron chi connectivity index (χ1n) is 11.6. The second-order valence-corrected chi connectivity index (χ2v) is 8.60. The van der Waals surface area contributed by atoms with Crippen molar-refractivity contribution >= 4 is 23.2 Å². The van der Waals surface area contributed by atoms with E-state index in [1.165, 1.54) is 0 Å². The number of nitrogens with zero attached hydrogens (tertiary/aromatic N) is 2. The molecule has 5 rings (SSSR count). The molecular formula is C28H26N4O3. The van der Waals surface area contributed by atoms with Crippen molar-refractivity contribution < 1.29 is 14.3 Å². The third-order valence-electron chi connectivity index (χ3n) is 5.87. The Balaban J connectivity index is 1.43. The summed E-state index contributed by atoms with van der Waals surface area (Å²) in [7, 11) is 1.61. The van der Waals surface area contributed by atoms with E-state index in [-0.39, 0.29) is 17.7 Å². The fraction of sp³-hybridized carbons (Fsp3) is 0.179. The molecule has 35 heavy (non-hydrogen) atoms. The third kappa shape index (κ3) is 5.41. The topological polar surface area (TPSA) is 85.2 Å². The fourth-order valence-electron chi connectivity index (χ4n) is 3.89. The van der Waals surface area contributed by atoms with E-state index in [0.29, 0.717) is 34.9 Å².